The van der Waals surface area contributed by atoms with Crippen LogP contribution in [0.25, 0.3) is 0 Å². The summed E-state index contributed by atoms with van der Waals surface area (Å²) in [5.74, 6) is 0.874. The van der Waals surface area contributed by atoms with Crippen molar-refractivity contribution in [3.8, 4) is 12.3 Å². The normalized spacial score (nSPS) is 20.7. The van der Waals surface area contributed by atoms with E-state index in [2.05, 4.69) is 11.2 Å². The molecule has 0 aromatic heterocycles. The van der Waals surface area contributed by atoms with Crippen LogP contribution in [0.5, 0.6) is 0 Å². The molecule has 1 amide bonds. The third-order valence-electron chi connectivity index (χ3n) is 4.12. The van der Waals surface area contributed by atoms with Crippen molar-refractivity contribution in [3.63, 3.8) is 0 Å². The van der Waals surface area contributed by atoms with Crippen LogP contribution in [0, 0.1) is 12.3 Å². The minimum absolute atomic E-state index is 0.00468. The van der Waals surface area contributed by atoms with Crippen molar-refractivity contribution >= 4 is 27.4 Å². The molecule has 24 heavy (non-hydrogen) atoms. The van der Waals surface area contributed by atoms with Gasteiger partial charge in [0.15, 0.2) is 0 Å². The molecule has 0 aliphatic carbocycles. The van der Waals surface area contributed by atoms with E-state index in [9.17, 15) is 18.0 Å². The lowest BCUT2D eigenvalue weighted by molar-refractivity contribution is -0.112. The van der Waals surface area contributed by atoms with Crippen molar-refractivity contribution in [2.24, 2.45) is 0 Å². The maximum atomic E-state index is 12.9. The highest BCUT2D eigenvalue weighted by atomic mass is 32.2. The zero-order chi connectivity index (χ0) is 17.3. The van der Waals surface area contributed by atoms with Gasteiger partial charge in [-0.3, -0.25) is 9.59 Å². The van der Waals surface area contributed by atoms with Crippen LogP contribution in [0.1, 0.15) is 23.2 Å². The second-order valence-corrected chi connectivity index (χ2v) is 7.51. The molecule has 8 heteroatoms. The number of Topliss-reactive ketones (excluding diaryl/α,β-unsaturated/α-hetero) is 1. The maximum Gasteiger partial charge on any atom is 0.296 e. The molecule has 1 fully saturated rings. The number of anilines is 1. The molecule has 0 bridgehead atoms. The van der Waals surface area contributed by atoms with E-state index in [-0.39, 0.29) is 29.7 Å². The molecule has 1 aromatic carbocycles. The fourth-order valence-electron chi connectivity index (χ4n) is 2.96. The number of hydrogen-bond donors (Lipinski definition) is 1. The number of hydrogen-bond acceptors (Lipinski definition) is 5. The summed E-state index contributed by atoms with van der Waals surface area (Å²) in [5.41, 5.74) is 0.416. The number of ether oxygens (including phenoxy) is 1. The van der Waals surface area contributed by atoms with Gasteiger partial charge in [-0.1, -0.05) is 5.92 Å². The van der Waals surface area contributed by atoms with Crippen molar-refractivity contribution < 1.29 is 22.7 Å². The van der Waals surface area contributed by atoms with Crippen molar-refractivity contribution in [1.82, 2.24) is 4.31 Å². The van der Waals surface area contributed by atoms with E-state index in [4.69, 9.17) is 11.2 Å². The molecule has 1 aromatic rings. The van der Waals surface area contributed by atoms with E-state index in [0.717, 1.165) is 6.42 Å². The fourth-order valence-corrected chi connectivity index (χ4v) is 4.67. The standard InChI is InChI=1S/C16H16N2O5S/c1-2-8-23-10-11-4-3-7-18(11)24(21,22)12-5-6-14-13(9-12)15(19)16(20)17-14/h1,5-6,9,11H,3-4,7-8,10H2,(H,17,19,20). The van der Waals surface area contributed by atoms with Crippen LogP contribution >= 0.6 is 0 Å². The van der Waals surface area contributed by atoms with Crippen LogP contribution in [0.4, 0.5) is 5.69 Å². The number of amides is 1. The topological polar surface area (TPSA) is 92.8 Å². The quantitative estimate of drug-likeness (QED) is 0.478. The zero-order valence-corrected chi connectivity index (χ0v) is 13.6. The van der Waals surface area contributed by atoms with E-state index < -0.39 is 21.7 Å². The van der Waals surface area contributed by atoms with Gasteiger partial charge in [-0.25, -0.2) is 8.42 Å². The number of benzene rings is 1. The first-order valence-corrected chi connectivity index (χ1v) is 8.92. The van der Waals surface area contributed by atoms with E-state index >= 15 is 0 Å². The summed E-state index contributed by atoms with van der Waals surface area (Å²) in [7, 11) is -3.78. The molecule has 1 atom stereocenters. The first kappa shape index (κ1) is 16.6. The Balaban J connectivity index is 1.87. The molecular formula is C16H16N2O5S. The van der Waals surface area contributed by atoms with Gasteiger partial charge in [0.1, 0.15) is 6.61 Å². The first-order chi connectivity index (χ1) is 11.4. The molecule has 0 spiro atoms. The molecule has 0 saturated carbocycles. The molecule has 2 heterocycles. The second kappa shape index (κ2) is 6.36. The number of ketones is 1. The van der Waals surface area contributed by atoms with Gasteiger partial charge in [-0.15, -0.1) is 6.42 Å². The van der Waals surface area contributed by atoms with Crippen LogP contribution in [0.15, 0.2) is 23.1 Å². The lowest BCUT2D eigenvalue weighted by Crippen LogP contribution is -2.38. The molecular weight excluding hydrogens is 332 g/mol. The summed E-state index contributed by atoms with van der Waals surface area (Å²) in [6, 6.07) is 3.80. The largest absolute Gasteiger partial charge is 0.367 e. The number of fused-ring (bicyclic) bond motifs is 1. The van der Waals surface area contributed by atoms with E-state index in [0.29, 0.717) is 18.7 Å². The van der Waals surface area contributed by atoms with Gasteiger partial charge in [-0.2, -0.15) is 4.31 Å². The highest BCUT2D eigenvalue weighted by Gasteiger charge is 2.37. The Morgan fingerprint density at radius 3 is 2.92 bits per heavy atom. The molecule has 1 unspecified atom stereocenters. The number of nitrogens with one attached hydrogen (secondary N) is 1. The lowest BCUT2D eigenvalue weighted by atomic mass is 10.1. The summed E-state index contributed by atoms with van der Waals surface area (Å²) in [6.45, 7) is 0.744. The average molecular weight is 348 g/mol. The van der Waals surface area contributed by atoms with Gasteiger partial charge < -0.3 is 10.1 Å². The fraction of sp³-hybridized carbons (Fsp3) is 0.375. The SMILES string of the molecule is C#CCOCC1CCCN1S(=O)(=O)c1ccc2c(c1)C(=O)C(=O)N2. The Morgan fingerprint density at radius 1 is 1.38 bits per heavy atom. The van der Waals surface area contributed by atoms with E-state index in [1.165, 1.54) is 22.5 Å². The predicted molar refractivity (Wildman–Crippen MR) is 86.0 cm³/mol. The van der Waals surface area contributed by atoms with Gasteiger partial charge in [0.25, 0.3) is 11.7 Å². The maximum absolute atomic E-state index is 12.9. The zero-order valence-electron chi connectivity index (χ0n) is 12.8. The molecule has 1 N–H and O–H groups in total. The molecule has 2 aliphatic rings. The molecule has 0 radical (unpaired) electrons. The van der Waals surface area contributed by atoms with Crippen molar-refractivity contribution in [1.29, 1.82) is 0 Å². The lowest BCUT2D eigenvalue weighted by Gasteiger charge is -2.24. The van der Waals surface area contributed by atoms with Gasteiger partial charge in [0, 0.05) is 12.6 Å². The number of carbonyl (C=O) groups is 2. The number of sulfonamides is 1. The summed E-state index contributed by atoms with van der Waals surface area (Å²) in [6.07, 6.45) is 6.55. The predicted octanol–water partition coefficient (Wildman–Crippen LogP) is 0.624. The van der Waals surface area contributed by atoms with Crippen LogP contribution < -0.4 is 5.32 Å². The van der Waals surface area contributed by atoms with E-state index in [1.54, 1.807) is 0 Å². The Hall–Kier alpha value is -2.21. The van der Waals surface area contributed by atoms with Gasteiger partial charge >= 0.3 is 0 Å². The van der Waals surface area contributed by atoms with Crippen LogP contribution in [-0.2, 0) is 19.6 Å². The molecule has 1 saturated heterocycles. The van der Waals surface area contributed by atoms with Crippen LogP contribution in [0.3, 0.4) is 0 Å². The Bertz CT molecular complexity index is 841. The highest BCUT2D eigenvalue weighted by molar-refractivity contribution is 7.89. The van der Waals surface area contributed by atoms with Gasteiger partial charge in [0.05, 0.1) is 22.8 Å². The number of rotatable bonds is 5. The smallest absolute Gasteiger partial charge is 0.296 e. The average Bonchev–Trinajstić information content (AvgIpc) is 3.13. The minimum Gasteiger partial charge on any atom is -0.367 e. The third kappa shape index (κ3) is 2.82. The third-order valence-corrected chi connectivity index (χ3v) is 6.06. The van der Waals surface area contributed by atoms with Crippen molar-refractivity contribution in [2.75, 3.05) is 25.1 Å². The number of terminal acetylenes is 1. The van der Waals surface area contributed by atoms with Gasteiger partial charge in [-0.05, 0) is 31.0 Å². The van der Waals surface area contributed by atoms with Crippen LogP contribution in [0.2, 0.25) is 0 Å². The molecule has 7 nitrogen and oxygen atoms in total. The Kier molecular flexibility index (Phi) is 4.41. The Morgan fingerprint density at radius 2 is 2.17 bits per heavy atom. The highest BCUT2D eigenvalue weighted by Crippen LogP contribution is 2.30. The minimum atomic E-state index is -3.78. The molecule has 3 rings (SSSR count). The van der Waals surface area contributed by atoms with Crippen LogP contribution in [-0.4, -0.2) is 50.2 Å². The van der Waals surface area contributed by atoms with Gasteiger partial charge in [0.2, 0.25) is 10.0 Å². The Labute approximate surface area is 140 Å². The molecule has 2 aliphatic heterocycles. The first-order valence-electron chi connectivity index (χ1n) is 7.48. The van der Waals surface area contributed by atoms with E-state index in [1.807, 2.05) is 0 Å². The second-order valence-electron chi connectivity index (χ2n) is 5.62. The summed E-state index contributed by atoms with van der Waals surface area (Å²) in [4.78, 5) is 23.2. The summed E-state index contributed by atoms with van der Waals surface area (Å²) >= 11 is 0. The number of carbonyl (C=O) groups excluding carboxylic acids is 2. The summed E-state index contributed by atoms with van der Waals surface area (Å²) < 4.78 is 32.4. The van der Waals surface area contributed by atoms with Crippen molar-refractivity contribution in [3.05, 3.63) is 23.8 Å². The summed E-state index contributed by atoms with van der Waals surface area (Å²) in [5, 5.41) is 2.40. The molecule has 126 valence electrons. The monoisotopic (exact) mass is 348 g/mol. The van der Waals surface area contributed by atoms with Crippen molar-refractivity contribution in [2.45, 2.75) is 23.8 Å². The number of nitrogens with zero attached hydrogens (tertiary/aromatic N) is 1.